The van der Waals surface area contributed by atoms with E-state index in [1.807, 2.05) is 0 Å². The number of carboxylic acids is 1. The number of carbonyl (C=O) groups is 1. The normalized spacial score (nSPS) is 35.1. The minimum absolute atomic E-state index is 0.490. The highest BCUT2D eigenvalue weighted by Gasteiger charge is 2.38. The minimum atomic E-state index is -1.10. The smallest absolute Gasteiger partial charge is 0.324 e. The molecule has 4 heteroatoms. The molecule has 3 rings (SSSR count). The molecule has 2 bridgehead atoms. The molecule has 0 aromatic heterocycles. The van der Waals surface area contributed by atoms with E-state index >= 15 is 0 Å². The van der Waals surface area contributed by atoms with Gasteiger partial charge in [-0.05, 0) is 38.5 Å². The zero-order valence-corrected chi connectivity index (χ0v) is 9.28. The van der Waals surface area contributed by atoms with E-state index in [0.717, 1.165) is 12.5 Å². The molecule has 1 atom stereocenters. The Bertz CT molecular complexity index is 257. The molecule has 3 aliphatic rings. The largest absolute Gasteiger partial charge is 0.480 e. The summed E-state index contributed by atoms with van der Waals surface area (Å²) in [5.41, 5.74) is 4.68. The number of hydrogen-bond donors (Lipinski definition) is 2. The van der Waals surface area contributed by atoms with E-state index < -0.39 is 11.5 Å². The van der Waals surface area contributed by atoms with Crippen molar-refractivity contribution in [3.63, 3.8) is 0 Å². The third-order valence-corrected chi connectivity index (χ3v) is 3.85. The zero-order chi connectivity index (χ0) is 11.1. The number of rotatable bonds is 3. The summed E-state index contributed by atoms with van der Waals surface area (Å²) in [7, 11) is 0. The van der Waals surface area contributed by atoms with Crippen molar-refractivity contribution >= 4 is 5.97 Å². The van der Waals surface area contributed by atoms with Gasteiger partial charge >= 0.3 is 5.97 Å². The van der Waals surface area contributed by atoms with Crippen molar-refractivity contribution in [2.24, 2.45) is 11.7 Å². The molecule has 15 heavy (non-hydrogen) atoms. The van der Waals surface area contributed by atoms with Crippen LogP contribution in [0, 0.1) is 5.92 Å². The van der Waals surface area contributed by atoms with Crippen molar-refractivity contribution in [1.29, 1.82) is 0 Å². The van der Waals surface area contributed by atoms with Crippen molar-refractivity contribution in [2.45, 2.75) is 44.2 Å². The molecule has 86 valence electrons. The summed E-state index contributed by atoms with van der Waals surface area (Å²) < 4.78 is 0. The zero-order valence-electron chi connectivity index (χ0n) is 9.28. The minimum Gasteiger partial charge on any atom is -0.480 e. The summed E-state index contributed by atoms with van der Waals surface area (Å²) >= 11 is 0. The molecule has 0 spiro atoms. The van der Waals surface area contributed by atoms with E-state index in [1.165, 1.54) is 25.7 Å². The van der Waals surface area contributed by atoms with Gasteiger partial charge in [0.05, 0.1) is 0 Å². The Kier molecular flexibility index (Phi) is 2.73. The van der Waals surface area contributed by atoms with Crippen LogP contribution in [0.25, 0.3) is 0 Å². The van der Waals surface area contributed by atoms with Crippen LogP contribution >= 0.6 is 0 Å². The first kappa shape index (κ1) is 10.9. The van der Waals surface area contributed by atoms with Crippen LogP contribution in [0.2, 0.25) is 0 Å². The first-order chi connectivity index (χ1) is 6.99. The van der Waals surface area contributed by atoms with Crippen molar-refractivity contribution < 1.29 is 9.90 Å². The maximum absolute atomic E-state index is 10.9. The highest BCUT2D eigenvalue weighted by molar-refractivity contribution is 5.78. The molecule has 1 unspecified atom stereocenters. The van der Waals surface area contributed by atoms with Crippen molar-refractivity contribution in [3.05, 3.63) is 0 Å². The summed E-state index contributed by atoms with van der Waals surface area (Å²) in [6.45, 7) is 3.14. The maximum Gasteiger partial charge on any atom is 0.324 e. The Morgan fingerprint density at radius 2 is 2.07 bits per heavy atom. The molecule has 2 aliphatic heterocycles. The second kappa shape index (κ2) is 3.76. The fourth-order valence-corrected chi connectivity index (χ4v) is 2.86. The summed E-state index contributed by atoms with van der Waals surface area (Å²) in [5, 5.41) is 8.99. The average Bonchev–Trinajstić information content (AvgIpc) is 2.18. The molecule has 0 amide bonds. The van der Waals surface area contributed by atoms with Crippen LogP contribution in [-0.2, 0) is 4.79 Å². The van der Waals surface area contributed by atoms with E-state index in [4.69, 9.17) is 10.8 Å². The van der Waals surface area contributed by atoms with Crippen LogP contribution < -0.4 is 5.73 Å². The van der Waals surface area contributed by atoms with Gasteiger partial charge < -0.3 is 10.8 Å². The van der Waals surface area contributed by atoms with Crippen LogP contribution in [0.4, 0.5) is 0 Å². The lowest BCUT2D eigenvalue weighted by atomic mass is 9.79. The molecule has 0 aromatic rings. The van der Waals surface area contributed by atoms with Gasteiger partial charge in [-0.25, -0.2) is 0 Å². The monoisotopic (exact) mass is 212 g/mol. The Labute approximate surface area is 90.4 Å². The molecule has 2 heterocycles. The molecule has 0 radical (unpaired) electrons. The fourth-order valence-electron chi connectivity index (χ4n) is 2.86. The van der Waals surface area contributed by atoms with E-state index in [0.29, 0.717) is 12.6 Å². The number of carboxylic acid groups (broad SMARTS) is 1. The van der Waals surface area contributed by atoms with Gasteiger partial charge in [0, 0.05) is 19.1 Å². The molecule has 3 N–H and O–H groups in total. The summed E-state index contributed by atoms with van der Waals surface area (Å²) in [6.07, 6.45) is 5.08. The van der Waals surface area contributed by atoms with Gasteiger partial charge in [0.25, 0.3) is 0 Å². The van der Waals surface area contributed by atoms with Gasteiger partial charge in [0.2, 0.25) is 0 Å². The third-order valence-electron chi connectivity index (χ3n) is 3.85. The fraction of sp³-hybridized carbons (Fsp3) is 0.909. The Hall–Kier alpha value is -0.610. The predicted molar refractivity (Wildman–Crippen MR) is 57.5 cm³/mol. The summed E-state index contributed by atoms with van der Waals surface area (Å²) in [6, 6.07) is 0.581. The highest BCUT2D eigenvalue weighted by atomic mass is 16.4. The molecule has 1 aliphatic carbocycles. The first-order valence-corrected chi connectivity index (χ1v) is 5.75. The summed E-state index contributed by atoms with van der Waals surface area (Å²) in [4.78, 5) is 13.2. The van der Waals surface area contributed by atoms with Crippen LogP contribution in [-0.4, -0.2) is 40.6 Å². The van der Waals surface area contributed by atoms with Gasteiger partial charge in [-0.2, -0.15) is 0 Å². The van der Waals surface area contributed by atoms with Crippen LogP contribution in [0.1, 0.15) is 32.6 Å². The average molecular weight is 212 g/mol. The first-order valence-electron chi connectivity index (χ1n) is 5.75. The Balaban J connectivity index is 1.98. The predicted octanol–water partition coefficient (Wildman–Crippen LogP) is 0.663. The molecule has 3 fully saturated rings. The van der Waals surface area contributed by atoms with E-state index in [2.05, 4.69) is 4.90 Å². The number of nitrogens with zero attached hydrogens (tertiary/aromatic N) is 1. The van der Waals surface area contributed by atoms with E-state index in [1.54, 1.807) is 6.92 Å². The van der Waals surface area contributed by atoms with Crippen LogP contribution in [0.15, 0.2) is 0 Å². The van der Waals surface area contributed by atoms with Gasteiger partial charge in [0.1, 0.15) is 5.54 Å². The molecule has 0 aromatic carbocycles. The Morgan fingerprint density at radius 3 is 2.47 bits per heavy atom. The van der Waals surface area contributed by atoms with E-state index in [9.17, 15) is 4.79 Å². The van der Waals surface area contributed by atoms with Gasteiger partial charge in [0.15, 0.2) is 0 Å². The van der Waals surface area contributed by atoms with Crippen molar-refractivity contribution in [2.75, 3.05) is 13.1 Å². The molecular formula is C11H20N2O2. The molecular weight excluding hydrogens is 192 g/mol. The number of hydrogen-bond acceptors (Lipinski definition) is 3. The number of fused-ring (bicyclic) bond motifs is 3. The van der Waals surface area contributed by atoms with E-state index in [-0.39, 0.29) is 0 Å². The second-order valence-corrected chi connectivity index (χ2v) is 5.33. The second-order valence-electron chi connectivity index (χ2n) is 5.33. The number of nitrogens with two attached hydrogens (primary N) is 1. The number of aliphatic carboxylic acids is 1. The standard InChI is InChI=1S/C11H20N2O2/c1-11(12,10(14)15)7-13-6-8-2-4-9(13)5-3-8/h8-9H,2-7,12H2,1H3,(H,14,15). The molecule has 2 saturated heterocycles. The van der Waals surface area contributed by atoms with Gasteiger partial charge in [-0.3, -0.25) is 9.69 Å². The SMILES string of the molecule is CC(N)(CN1CC2CCC1CC2)C(=O)O. The summed E-state index contributed by atoms with van der Waals surface area (Å²) in [5.74, 6) is -0.122. The van der Waals surface area contributed by atoms with Gasteiger partial charge in [-0.1, -0.05) is 0 Å². The van der Waals surface area contributed by atoms with Crippen LogP contribution in [0.5, 0.6) is 0 Å². The lowest BCUT2D eigenvalue weighted by molar-refractivity contribution is -0.144. The highest BCUT2D eigenvalue weighted by Crippen LogP contribution is 2.35. The Morgan fingerprint density at radius 1 is 1.47 bits per heavy atom. The third kappa shape index (κ3) is 2.16. The van der Waals surface area contributed by atoms with Crippen LogP contribution in [0.3, 0.4) is 0 Å². The molecule has 1 saturated carbocycles. The van der Waals surface area contributed by atoms with Crippen molar-refractivity contribution in [1.82, 2.24) is 4.90 Å². The number of piperidine rings is 2. The van der Waals surface area contributed by atoms with Crippen molar-refractivity contribution in [3.8, 4) is 0 Å². The van der Waals surface area contributed by atoms with Gasteiger partial charge in [-0.15, -0.1) is 0 Å². The molecule has 4 nitrogen and oxygen atoms in total. The lowest BCUT2D eigenvalue weighted by Crippen LogP contribution is -2.59. The quantitative estimate of drug-likeness (QED) is 0.721. The maximum atomic E-state index is 10.9. The topological polar surface area (TPSA) is 66.6 Å². The lowest BCUT2D eigenvalue weighted by Gasteiger charge is -2.47.